The standard InChI is InChI=1S/C19H30N4O/c1-6-22-12-20-21-17(22)14-7-9-23(10-8-14)18(24)16-15(11-13(2)3)19(16,4)5/h11-12,14-16H,6-10H2,1-5H3/t15-,16+/m1/s1. The molecule has 0 N–H and O–H groups in total. The summed E-state index contributed by atoms with van der Waals surface area (Å²) in [7, 11) is 0. The molecule has 1 saturated heterocycles. The molecule has 1 aliphatic heterocycles. The first-order valence-corrected chi connectivity index (χ1v) is 9.17. The lowest BCUT2D eigenvalue weighted by Gasteiger charge is -2.32. The Morgan fingerprint density at radius 3 is 2.58 bits per heavy atom. The molecule has 2 fully saturated rings. The summed E-state index contributed by atoms with van der Waals surface area (Å²) in [4.78, 5) is 15.0. The number of aryl methyl sites for hydroxylation is 1. The fourth-order valence-electron chi connectivity index (χ4n) is 4.20. The van der Waals surface area contributed by atoms with Gasteiger partial charge < -0.3 is 9.47 Å². The molecular weight excluding hydrogens is 300 g/mol. The highest BCUT2D eigenvalue weighted by Gasteiger charge is 2.61. The molecule has 1 aliphatic carbocycles. The number of allylic oxidation sites excluding steroid dienone is 2. The van der Waals surface area contributed by atoms with Gasteiger partial charge in [0.05, 0.1) is 5.92 Å². The molecule has 24 heavy (non-hydrogen) atoms. The summed E-state index contributed by atoms with van der Waals surface area (Å²) in [5.74, 6) is 2.41. The van der Waals surface area contributed by atoms with E-state index >= 15 is 0 Å². The summed E-state index contributed by atoms with van der Waals surface area (Å²) in [6.07, 6.45) is 6.07. The number of piperidine rings is 1. The normalized spacial score (nSPS) is 26.3. The van der Waals surface area contributed by atoms with E-state index in [1.54, 1.807) is 0 Å². The molecular formula is C19H30N4O. The van der Waals surface area contributed by atoms with E-state index in [2.05, 4.69) is 60.4 Å². The van der Waals surface area contributed by atoms with Gasteiger partial charge in [0.1, 0.15) is 12.2 Å². The molecule has 1 aromatic rings. The maximum absolute atomic E-state index is 12.9. The molecule has 0 bridgehead atoms. The van der Waals surface area contributed by atoms with Gasteiger partial charge in [0, 0.05) is 25.6 Å². The van der Waals surface area contributed by atoms with Gasteiger partial charge in [-0.3, -0.25) is 4.79 Å². The zero-order valence-electron chi connectivity index (χ0n) is 15.6. The Bertz CT molecular complexity index is 634. The molecule has 1 amide bonds. The van der Waals surface area contributed by atoms with E-state index in [0.717, 1.165) is 38.3 Å². The van der Waals surface area contributed by atoms with Gasteiger partial charge in [-0.15, -0.1) is 10.2 Å². The minimum absolute atomic E-state index is 0.105. The van der Waals surface area contributed by atoms with Crippen LogP contribution in [0.25, 0.3) is 0 Å². The van der Waals surface area contributed by atoms with Gasteiger partial charge in [-0.1, -0.05) is 25.5 Å². The molecule has 5 nitrogen and oxygen atoms in total. The fraction of sp³-hybridized carbons (Fsp3) is 0.737. The van der Waals surface area contributed by atoms with Crippen LogP contribution in [-0.4, -0.2) is 38.7 Å². The van der Waals surface area contributed by atoms with Crippen LogP contribution in [0.2, 0.25) is 0 Å². The minimum atomic E-state index is 0.105. The predicted octanol–water partition coefficient (Wildman–Crippen LogP) is 3.24. The molecule has 132 valence electrons. The van der Waals surface area contributed by atoms with Crippen LogP contribution in [0, 0.1) is 17.3 Å². The Morgan fingerprint density at radius 1 is 1.33 bits per heavy atom. The molecule has 3 rings (SSSR count). The largest absolute Gasteiger partial charge is 0.342 e. The second-order valence-corrected chi connectivity index (χ2v) is 8.14. The van der Waals surface area contributed by atoms with Crippen molar-refractivity contribution in [3.63, 3.8) is 0 Å². The average molecular weight is 330 g/mol. The highest BCUT2D eigenvalue weighted by atomic mass is 16.2. The Morgan fingerprint density at radius 2 is 2.00 bits per heavy atom. The summed E-state index contributed by atoms with van der Waals surface area (Å²) < 4.78 is 2.12. The van der Waals surface area contributed by atoms with Gasteiger partial charge in [-0.05, 0) is 44.9 Å². The first-order chi connectivity index (χ1) is 11.4. The molecule has 0 radical (unpaired) electrons. The first kappa shape index (κ1) is 17.2. The van der Waals surface area contributed by atoms with E-state index in [1.165, 1.54) is 5.57 Å². The van der Waals surface area contributed by atoms with Crippen LogP contribution in [-0.2, 0) is 11.3 Å². The van der Waals surface area contributed by atoms with Crippen molar-refractivity contribution in [2.45, 2.75) is 59.9 Å². The van der Waals surface area contributed by atoms with E-state index in [0.29, 0.717) is 17.7 Å². The summed E-state index contributed by atoms with van der Waals surface area (Å²) in [5, 5.41) is 8.34. The Kier molecular flexibility index (Phi) is 4.54. The maximum Gasteiger partial charge on any atom is 0.226 e. The van der Waals surface area contributed by atoms with E-state index in [1.807, 2.05) is 6.33 Å². The number of aromatic nitrogens is 3. The van der Waals surface area contributed by atoms with Crippen molar-refractivity contribution in [2.24, 2.45) is 17.3 Å². The van der Waals surface area contributed by atoms with Crippen molar-refractivity contribution >= 4 is 5.91 Å². The topological polar surface area (TPSA) is 51.0 Å². The number of hydrogen-bond acceptors (Lipinski definition) is 3. The van der Waals surface area contributed by atoms with Crippen LogP contribution in [0.15, 0.2) is 18.0 Å². The summed E-state index contributed by atoms with van der Waals surface area (Å²) in [5.41, 5.74) is 1.41. The lowest BCUT2D eigenvalue weighted by molar-refractivity contribution is -0.134. The summed E-state index contributed by atoms with van der Waals surface area (Å²) >= 11 is 0. The third kappa shape index (κ3) is 3.01. The van der Waals surface area contributed by atoms with E-state index in [9.17, 15) is 4.79 Å². The van der Waals surface area contributed by atoms with Crippen LogP contribution in [0.5, 0.6) is 0 Å². The molecule has 2 heterocycles. The van der Waals surface area contributed by atoms with Crippen LogP contribution in [0.1, 0.15) is 59.2 Å². The third-order valence-corrected chi connectivity index (χ3v) is 5.85. The fourth-order valence-corrected chi connectivity index (χ4v) is 4.20. The van der Waals surface area contributed by atoms with Crippen molar-refractivity contribution < 1.29 is 4.79 Å². The van der Waals surface area contributed by atoms with Crippen molar-refractivity contribution in [2.75, 3.05) is 13.1 Å². The highest BCUT2D eigenvalue weighted by Crippen LogP contribution is 2.60. The van der Waals surface area contributed by atoms with Crippen LogP contribution >= 0.6 is 0 Å². The first-order valence-electron chi connectivity index (χ1n) is 9.17. The second kappa shape index (κ2) is 6.34. The molecule has 2 atom stereocenters. The minimum Gasteiger partial charge on any atom is -0.342 e. The molecule has 0 spiro atoms. The Balaban J connectivity index is 1.61. The van der Waals surface area contributed by atoms with Crippen molar-refractivity contribution in [3.05, 3.63) is 23.8 Å². The number of nitrogens with zero attached hydrogens (tertiary/aromatic N) is 4. The number of carbonyl (C=O) groups excluding carboxylic acids is 1. The molecule has 5 heteroatoms. The second-order valence-electron chi connectivity index (χ2n) is 8.14. The van der Waals surface area contributed by atoms with Crippen molar-refractivity contribution in [3.8, 4) is 0 Å². The molecule has 1 aromatic heterocycles. The Labute approximate surface area is 145 Å². The van der Waals surface area contributed by atoms with Gasteiger partial charge in [0.25, 0.3) is 0 Å². The van der Waals surface area contributed by atoms with Crippen LogP contribution in [0.4, 0.5) is 0 Å². The molecule has 0 aromatic carbocycles. The lowest BCUT2D eigenvalue weighted by Crippen LogP contribution is -2.40. The van der Waals surface area contributed by atoms with Gasteiger partial charge in [0.15, 0.2) is 0 Å². The SMILES string of the molecule is CCn1cnnc1C1CCN(C(=O)[C@@H]2[C@@H](C=C(C)C)C2(C)C)CC1. The molecule has 2 aliphatic rings. The van der Waals surface area contributed by atoms with Crippen LogP contribution in [0.3, 0.4) is 0 Å². The smallest absolute Gasteiger partial charge is 0.226 e. The molecule has 1 saturated carbocycles. The number of hydrogen-bond donors (Lipinski definition) is 0. The third-order valence-electron chi connectivity index (χ3n) is 5.85. The number of rotatable bonds is 4. The zero-order valence-corrected chi connectivity index (χ0v) is 15.6. The zero-order chi connectivity index (χ0) is 17.5. The van der Waals surface area contributed by atoms with Gasteiger partial charge >= 0.3 is 0 Å². The van der Waals surface area contributed by atoms with E-state index < -0.39 is 0 Å². The monoisotopic (exact) mass is 330 g/mol. The summed E-state index contributed by atoms with van der Waals surface area (Å²) in [6.45, 7) is 13.4. The lowest BCUT2D eigenvalue weighted by atomic mass is 9.95. The maximum atomic E-state index is 12.9. The van der Waals surface area contributed by atoms with Crippen molar-refractivity contribution in [1.29, 1.82) is 0 Å². The van der Waals surface area contributed by atoms with Crippen LogP contribution < -0.4 is 0 Å². The van der Waals surface area contributed by atoms with Gasteiger partial charge in [0.2, 0.25) is 5.91 Å². The van der Waals surface area contributed by atoms with Gasteiger partial charge in [-0.2, -0.15) is 0 Å². The van der Waals surface area contributed by atoms with E-state index in [4.69, 9.17) is 0 Å². The van der Waals surface area contributed by atoms with Crippen molar-refractivity contribution in [1.82, 2.24) is 19.7 Å². The highest BCUT2D eigenvalue weighted by molar-refractivity contribution is 5.84. The average Bonchev–Trinajstić information content (AvgIpc) is 2.91. The Hall–Kier alpha value is -1.65. The van der Waals surface area contributed by atoms with E-state index in [-0.39, 0.29) is 11.3 Å². The molecule has 0 unspecified atom stereocenters. The summed E-state index contributed by atoms with van der Waals surface area (Å²) in [6, 6.07) is 0. The number of amides is 1. The number of carbonyl (C=O) groups is 1. The number of likely N-dealkylation sites (tertiary alicyclic amines) is 1. The predicted molar refractivity (Wildman–Crippen MR) is 94.4 cm³/mol. The quantitative estimate of drug-likeness (QED) is 0.796. The van der Waals surface area contributed by atoms with Gasteiger partial charge in [-0.25, -0.2) is 0 Å².